The van der Waals surface area contributed by atoms with E-state index in [-0.39, 0.29) is 19.2 Å². The lowest BCUT2D eigenvalue weighted by Gasteiger charge is -2.18. The lowest BCUT2D eigenvalue weighted by atomic mass is 10.1. The van der Waals surface area contributed by atoms with Gasteiger partial charge in [0, 0.05) is 0 Å². The Morgan fingerprint density at radius 2 is 2.08 bits per heavy atom. The van der Waals surface area contributed by atoms with Gasteiger partial charge in [-0.15, -0.1) is 0 Å². The number of hydrogen-bond acceptors (Lipinski definition) is 3. The Morgan fingerprint density at radius 1 is 1.54 bits per heavy atom. The molecule has 0 rings (SSSR count). The fourth-order valence-electron chi connectivity index (χ4n) is 0.770. The number of nitrogens with zero attached hydrogens (tertiary/aromatic N) is 1. The van der Waals surface area contributed by atoms with E-state index < -0.39 is 11.5 Å². The maximum atomic E-state index is 10.1. The maximum absolute atomic E-state index is 10.1. The second-order valence-corrected chi connectivity index (χ2v) is 3.24. The first-order valence-electron chi connectivity index (χ1n) is 3.74. The van der Waals surface area contributed by atoms with Crippen LogP contribution in [0.25, 0.3) is 0 Å². The van der Waals surface area contributed by atoms with Crippen LogP contribution < -0.4 is 11.5 Å². The summed E-state index contributed by atoms with van der Waals surface area (Å²) in [4.78, 5) is 14.0. The second kappa shape index (κ2) is 4.66. The van der Waals surface area contributed by atoms with Gasteiger partial charge in [-0.2, -0.15) is 0 Å². The summed E-state index contributed by atoms with van der Waals surface area (Å²) in [6.07, 6.45) is 0. The van der Waals surface area contributed by atoms with E-state index in [1.807, 2.05) is 0 Å². The van der Waals surface area contributed by atoms with Crippen molar-refractivity contribution in [1.29, 1.82) is 0 Å². The van der Waals surface area contributed by atoms with Gasteiger partial charge < -0.3 is 21.3 Å². The van der Waals surface area contributed by atoms with Crippen LogP contribution in [-0.2, 0) is 9.53 Å². The van der Waals surface area contributed by atoms with E-state index in [4.69, 9.17) is 21.3 Å². The summed E-state index contributed by atoms with van der Waals surface area (Å²) in [7, 11) is 0. The smallest absolute Gasteiger partial charge is 0.329 e. The van der Waals surface area contributed by atoms with Gasteiger partial charge in [-0.25, -0.2) is 9.79 Å². The molecule has 0 aromatic heterocycles. The van der Waals surface area contributed by atoms with Gasteiger partial charge in [-0.3, -0.25) is 0 Å². The highest BCUT2D eigenvalue weighted by Crippen LogP contribution is 2.08. The normalized spacial score (nSPS) is 10.9. The number of ether oxygens (including phenoxy) is 1. The highest BCUT2D eigenvalue weighted by molar-refractivity contribution is 5.76. The molecule has 0 aliphatic heterocycles. The third-order valence-corrected chi connectivity index (χ3v) is 1.11. The molecule has 0 aliphatic rings. The van der Waals surface area contributed by atoms with E-state index in [2.05, 4.69) is 4.99 Å². The molecule has 0 bridgehead atoms. The lowest BCUT2D eigenvalue weighted by Crippen LogP contribution is -2.33. The number of carbonyl (C=O) groups is 1. The molecule has 0 saturated heterocycles. The molecule has 76 valence electrons. The van der Waals surface area contributed by atoms with Crippen LogP contribution in [0.5, 0.6) is 0 Å². The molecule has 0 spiro atoms. The van der Waals surface area contributed by atoms with Gasteiger partial charge in [-0.05, 0) is 13.8 Å². The van der Waals surface area contributed by atoms with Crippen LogP contribution in [0.1, 0.15) is 13.8 Å². The molecule has 0 aromatic carbocycles. The van der Waals surface area contributed by atoms with Crippen LogP contribution in [0, 0.1) is 0 Å². The fourth-order valence-corrected chi connectivity index (χ4v) is 0.770. The molecule has 13 heavy (non-hydrogen) atoms. The van der Waals surface area contributed by atoms with Crippen molar-refractivity contribution < 1.29 is 14.6 Å². The molecule has 0 amide bonds. The zero-order valence-electron chi connectivity index (χ0n) is 7.78. The highest BCUT2D eigenvalue weighted by atomic mass is 16.5. The molecule has 0 saturated carbocycles. The fraction of sp³-hybridized carbons (Fsp3) is 0.714. The van der Waals surface area contributed by atoms with Crippen molar-refractivity contribution in [1.82, 2.24) is 0 Å². The van der Waals surface area contributed by atoms with Crippen LogP contribution in [0.2, 0.25) is 0 Å². The summed E-state index contributed by atoms with van der Waals surface area (Å²) in [5.41, 5.74) is 9.74. The van der Waals surface area contributed by atoms with Crippen molar-refractivity contribution >= 4 is 11.9 Å². The van der Waals surface area contributed by atoms with Crippen LogP contribution >= 0.6 is 0 Å². The monoisotopic (exact) mass is 189 g/mol. The molecule has 0 fully saturated rings. The van der Waals surface area contributed by atoms with E-state index in [1.54, 1.807) is 13.8 Å². The van der Waals surface area contributed by atoms with Crippen molar-refractivity contribution in [2.75, 3.05) is 13.2 Å². The first-order valence-corrected chi connectivity index (χ1v) is 3.74. The average Bonchev–Trinajstić information content (AvgIpc) is 1.81. The van der Waals surface area contributed by atoms with E-state index in [9.17, 15) is 4.79 Å². The van der Waals surface area contributed by atoms with Gasteiger partial charge in [0.25, 0.3) is 0 Å². The summed E-state index contributed by atoms with van der Waals surface area (Å²) in [6.45, 7) is 3.31. The van der Waals surface area contributed by atoms with E-state index >= 15 is 0 Å². The van der Waals surface area contributed by atoms with E-state index in [0.29, 0.717) is 0 Å². The van der Waals surface area contributed by atoms with Crippen molar-refractivity contribution in [2.24, 2.45) is 16.5 Å². The first kappa shape index (κ1) is 11.7. The van der Waals surface area contributed by atoms with E-state index in [1.165, 1.54) is 0 Å². The predicted octanol–water partition coefficient (Wildman–Crippen LogP) is -0.860. The van der Waals surface area contributed by atoms with Gasteiger partial charge in [0.2, 0.25) is 0 Å². The quantitative estimate of drug-likeness (QED) is 0.385. The van der Waals surface area contributed by atoms with Gasteiger partial charge in [0.05, 0.1) is 12.1 Å². The number of rotatable bonds is 5. The van der Waals surface area contributed by atoms with Gasteiger partial charge in [0.15, 0.2) is 5.96 Å². The molecule has 6 nitrogen and oxygen atoms in total. The minimum absolute atomic E-state index is 0.0380. The second-order valence-electron chi connectivity index (χ2n) is 3.24. The highest BCUT2D eigenvalue weighted by Gasteiger charge is 2.17. The number of nitrogens with two attached hydrogens (primary N) is 2. The number of aliphatic imine (C=N–C) groups is 1. The minimum Gasteiger partial charge on any atom is -0.480 e. The number of carboxylic acids is 1. The van der Waals surface area contributed by atoms with Crippen LogP contribution in [0.3, 0.4) is 0 Å². The third-order valence-electron chi connectivity index (χ3n) is 1.11. The summed E-state index contributed by atoms with van der Waals surface area (Å²) < 4.78 is 4.84. The summed E-state index contributed by atoms with van der Waals surface area (Å²) in [6, 6.07) is 0. The molecule has 6 heteroatoms. The maximum Gasteiger partial charge on any atom is 0.329 e. The van der Waals surface area contributed by atoms with Gasteiger partial charge in [0.1, 0.15) is 6.61 Å². The standard InChI is InChI=1S/C7H15N3O3/c1-7(2,10-6(8)9)4-13-3-5(11)12/h3-4H2,1-2H3,(H,11,12)(H4,8,9,10). The lowest BCUT2D eigenvalue weighted by molar-refractivity contribution is -0.142. The predicted molar refractivity (Wildman–Crippen MR) is 48.3 cm³/mol. The number of guanidine groups is 1. The zero-order chi connectivity index (χ0) is 10.5. The Balaban J connectivity index is 3.89. The Kier molecular flexibility index (Phi) is 4.19. The minimum atomic E-state index is -1.01. The molecule has 0 aliphatic carbocycles. The Hall–Kier alpha value is -1.30. The molecule has 0 unspecified atom stereocenters. The third kappa shape index (κ3) is 7.07. The molecule has 0 atom stereocenters. The zero-order valence-corrected chi connectivity index (χ0v) is 7.78. The Bertz CT molecular complexity index is 209. The van der Waals surface area contributed by atoms with E-state index in [0.717, 1.165) is 0 Å². The van der Waals surface area contributed by atoms with Crippen LogP contribution in [0.4, 0.5) is 0 Å². The first-order chi connectivity index (χ1) is 5.83. The number of carboxylic acid groups (broad SMARTS) is 1. The molecule has 0 aromatic rings. The van der Waals surface area contributed by atoms with Crippen molar-refractivity contribution in [3.05, 3.63) is 0 Å². The van der Waals surface area contributed by atoms with Crippen molar-refractivity contribution in [3.63, 3.8) is 0 Å². The largest absolute Gasteiger partial charge is 0.480 e. The van der Waals surface area contributed by atoms with Crippen molar-refractivity contribution in [2.45, 2.75) is 19.4 Å². The summed E-state index contributed by atoms with van der Waals surface area (Å²) in [5.74, 6) is -1.05. The Morgan fingerprint density at radius 3 is 2.46 bits per heavy atom. The van der Waals surface area contributed by atoms with Crippen LogP contribution in [0.15, 0.2) is 4.99 Å². The average molecular weight is 189 g/mol. The molecule has 0 radical (unpaired) electrons. The summed E-state index contributed by atoms with van der Waals surface area (Å²) in [5, 5.41) is 8.28. The van der Waals surface area contributed by atoms with Crippen molar-refractivity contribution in [3.8, 4) is 0 Å². The van der Waals surface area contributed by atoms with Gasteiger partial charge in [-0.1, -0.05) is 0 Å². The molecular weight excluding hydrogens is 174 g/mol. The topological polar surface area (TPSA) is 111 Å². The summed E-state index contributed by atoms with van der Waals surface area (Å²) >= 11 is 0. The SMILES string of the molecule is CC(C)(COCC(=O)O)N=C(N)N. The molecule has 5 N–H and O–H groups in total. The van der Waals surface area contributed by atoms with Crippen LogP contribution in [-0.4, -0.2) is 35.8 Å². The Labute approximate surface area is 76.6 Å². The molecule has 0 heterocycles. The van der Waals surface area contributed by atoms with Gasteiger partial charge >= 0.3 is 5.97 Å². The number of aliphatic carboxylic acids is 1. The number of hydrogen-bond donors (Lipinski definition) is 3. The molecular formula is C7H15N3O3.